The van der Waals surface area contributed by atoms with Gasteiger partial charge in [-0.05, 0) is 58.7 Å². The van der Waals surface area contributed by atoms with Gasteiger partial charge in [0.1, 0.15) is 5.82 Å². The number of likely N-dealkylation sites (N-methyl/N-ethyl adjacent to an activating group) is 1. The quantitative estimate of drug-likeness (QED) is 0.865. The average Bonchev–Trinajstić information content (AvgIpc) is 2.48. The van der Waals surface area contributed by atoms with Crippen LogP contribution in [0.3, 0.4) is 0 Å². The second kappa shape index (κ2) is 7.00. The minimum Gasteiger partial charge on any atom is -0.494 e. The highest BCUT2D eigenvalue weighted by atomic mass is 79.9. The third kappa shape index (κ3) is 3.60. The molecule has 0 saturated heterocycles. The molecular formula is C16H16BrF2NO. The Balaban J connectivity index is 2.28. The van der Waals surface area contributed by atoms with Gasteiger partial charge in [0.25, 0.3) is 0 Å². The molecule has 2 rings (SSSR count). The highest BCUT2D eigenvalue weighted by molar-refractivity contribution is 9.10. The third-order valence-electron chi connectivity index (χ3n) is 3.38. The Hall–Kier alpha value is -1.46. The molecule has 0 aliphatic heterocycles. The van der Waals surface area contributed by atoms with E-state index in [0.717, 1.165) is 11.1 Å². The van der Waals surface area contributed by atoms with Crippen molar-refractivity contribution in [2.75, 3.05) is 14.2 Å². The number of benzene rings is 2. The van der Waals surface area contributed by atoms with Crippen molar-refractivity contribution >= 4 is 15.9 Å². The van der Waals surface area contributed by atoms with Crippen LogP contribution < -0.4 is 10.1 Å². The molecule has 0 fully saturated rings. The van der Waals surface area contributed by atoms with E-state index in [4.69, 9.17) is 4.74 Å². The van der Waals surface area contributed by atoms with Crippen molar-refractivity contribution in [2.45, 2.75) is 12.5 Å². The van der Waals surface area contributed by atoms with E-state index < -0.39 is 5.82 Å². The molecule has 21 heavy (non-hydrogen) atoms. The lowest BCUT2D eigenvalue weighted by atomic mass is 9.98. The molecule has 0 amide bonds. The molecule has 1 atom stereocenters. The second-order valence-electron chi connectivity index (χ2n) is 4.65. The summed E-state index contributed by atoms with van der Waals surface area (Å²) < 4.78 is 32.7. The monoisotopic (exact) mass is 355 g/mol. The summed E-state index contributed by atoms with van der Waals surface area (Å²) in [6.07, 6.45) is 0.542. The number of methoxy groups -OCH3 is 1. The van der Waals surface area contributed by atoms with Crippen LogP contribution in [0.2, 0.25) is 0 Å². The summed E-state index contributed by atoms with van der Waals surface area (Å²) in [6.45, 7) is 0. The zero-order valence-corrected chi connectivity index (χ0v) is 13.4. The number of ether oxygens (including phenoxy) is 1. The van der Waals surface area contributed by atoms with E-state index in [2.05, 4.69) is 21.2 Å². The summed E-state index contributed by atoms with van der Waals surface area (Å²) in [5.41, 5.74) is 1.61. The predicted octanol–water partition coefficient (Wildman–Crippen LogP) is 4.24. The Kier molecular flexibility index (Phi) is 5.31. The number of hydrogen-bond donors (Lipinski definition) is 1. The number of hydrogen-bond acceptors (Lipinski definition) is 2. The molecule has 0 aliphatic carbocycles. The Bertz CT molecular complexity index is 634. The topological polar surface area (TPSA) is 21.3 Å². The van der Waals surface area contributed by atoms with Crippen LogP contribution >= 0.6 is 15.9 Å². The number of nitrogens with one attached hydrogen (secondary N) is 1. The average molecular weight is 356 g/mol. The molecule has 0 aliphatic rings. The van der Waals surface area contributed by atoms with Crippen molar-refractivity contribution in [3.63, 3.8) is 0 Å². The molecule has 0 heterocycles. The van der Waals surface area contributed by atoms with E-state index in [0.29, 0.717) is 10.9 Å². The molecule has 2 aromatic rings. The van der Waals surface area contributed by atoms with Gasteiger partial charge in [0.2, 0.25) is 0 Å². The van der Waals surface area contributed by atoms with Crippen molar-refractivity contribution in [3.05, 3.63) is 63.6 Å². The predicted molar refractivity (Wildman–Crippen MR) is 82.6 cm³/mol. The molecule has 5 heteroatoms. The Labute approximate surface area is 131 Å². The second-order valence-corrected chi connectivity index (χ2v) is 5.45. The van der Waals surface area contributed by atoms with Crippen molar-refractivity contribution in [1.29, 1.82) is 0 Å². The van der Waals surface area contributed by atoms with Gasteiger partial charge in [-0.3, -0.25) is 0 Å². The summed E-state index contributed by atoms with van der Waals surface area (Å²) in [5, 5.41) is 3.13. The van der Waals surface area contributed by atoms with Gasteiger partial charge >= 0.3 is 0 Å². The summed E-state index contributed by atoms with van der Waals surface area (Å²) in [7, 11) is 3.22. The van der Waals surface area contributed by atoms with E-state index in [1.807, 2.05) is 6.07 Å². The third-order valence-corrected chi connectivity index (χ3v) is 4.27. The van der Waals surface area contributed by atoms with Crippen LogP contribution in [-0.4, -0.2) is 14.2 Å². The van der Waals surface area contributed by atoms with Crippen LogP contribution in [0.1, 0.15) is 17.2 Å². The van der Waals surface area contributed by atoms with Gasteiger partial charge in [-0.15, -0.1) is 0 Å². The largest absolute Gasteiger partial charge is 0.494 e. The van der Waals surface area contributed by atoms with Crippen molar-refractivity contribution in [1.82, 2.24) is 5.32 Å². The summed E-state index contributed by atoms with van der Waals surface area (Å²) in [5.74, 6) is -0.502. The lowest BCUT2D eigenvalue weighted by Crippen LogP contribution is -2.19. The Morgan fingerprint density at radius 3 is 2.57 bits per heavy atom. The SMILES string of the molecule is CNC(Cc1cccc(F)c1Br)c1ccc(OC)c(F)c1. The minimum absolute atomic E-state index is 0.122. The molecule has 1 unspecified atom stereocenters. The standard InChI is InChI=1S/C16H16BrF2NO/c1-20-14(9-11-4-3-5-12(18)16(11)17)10-6-7-15(21-2)13(19)8-10/h3-8,14,20H,9H2,1-2H3. The molecule has 2 nitrogen and oxygen atoms in total. The normalized spacial score (nSPS) is 12.2. The Morgan fingerprint density at radius 2 is 1.95 bits per heavy atom. The highest BCUT2D eigenvalue weighted by Crippen LogP contribution is 2.28. The van der Waals surface area contributed by atoms with Gasteiger partial charge in [0.05, 0.1) is 11.6 Å². The molecule has 0 bridgehead atoms. The number of halogens is 3. The van der Waals surface area contributed by atoms with Gasteiger partial charge in [-0.2, -0.15) is 0 Å². The first-order valence-electron chi connectivity index (χ1n) is 6.50. The first-order valence-corrected chi connectivity index (χ1v) is 7.29. The van der Waals surface area contributed by atoms with E-state index in [1.54, 1.807) is 25.2 Å². The molecule has 0 spiro atoms. The Morgan fingerprint density at radius 1 is 1.19 bits per heavy atom. The number of rotatable bonds is 5. The summed E-state index contributed by atoms with van der Waals surface area (Å²) >= 11 is 3.25. The zero-order chi connectivity index (χ0) is 15.4. The van der Waals surface area contributed by atoms with Gasteiger partial charge in [0.15, 0.2) is 11.6 Å². The van der Waals surface area contributed by atoms with Crippen molar-refractivity contribution in [3.8, 4) is 5.75 Å². The highest BCUT2D eigenvalue weighted by Gasteiger charge is 2.15. The fourth-order valence-electron chi connectivity index (χ4n) is 2.21. The maximum absolute atomic E-state index is 13.8. The van der Waals surface area contributed by atoms with Crippen LogP contribution in [0.25, 0.3) is 0 Å². The first-order chi connectivity index (χ1) is 10.1. The van der Waals surface area contributed by atoms with Gasteiger partial charge < -0.3 is 10.1 Å². The molecule has 0 radical (unpaired) electrons. The van der Waals surface area contributed by atoms with Crippen molar-refractivity contribution < 1.29 is 13.5 Å². The lowest BCUT2D eigenvalue weighted by Gasteiger charge is -2.18. The van der Waals surface area contributed by atoms with Gasteiger partial charge in [-0.25, -0.2) is 8.78 Å². The molecule has 1 N–H and O–H groups in total. The smallest absolute Gasteiger partial charge is 0.165 e. The fraction of sp³-hybridized carbons (Fsp3) is 0.250. The first kappa shape index (κ1) is 15.9. The summed E-state index contributed by atoms with van der Waals surface area (Å²) in [4.78, 5) is 0. The van der Waals surface area contributed by atoms with Gasteiger partial charge in [-0.1, -0.05) is 18.2 Å². The fourth-order valence-corrected chi connectivity index (χ4v) is 2.64. The molecule has 112 valence electrons. The zero-order valence-electron chi connectivity index (χ0n) is 11.8. The summed E-state index contributed by atoms with van der Waals surface area (Å²) in [6, 6.07) is 9.62. The minimum atomic E-state index is -0.409. The van der Waals surface area contributed by atoms with Crippen LogP contribution in [0.4, 0.5) is 8.78 Å². The van der Waals surface area contributed by atoms with Crippen LogP contribution in [0, 0.1) is 11.6 Å². The van der Waals surface area contributed by atoms with Gasteiger partial charge in [0, 0.05) is 6.04 Å². The van der Waals surface area contributed by atoms with E-state index in [1.165, 1.54) is 19.2 Å². The molecule has 0 saturated carbocycles. The maximum Gasteiger partial charge on any atom is 0.165 e. The van der Waals surface area contributed by atoms with Crippen molar-refractivity contribution in [2.24, 2.45) is 0 Å². The molecular weight excluding hydrogens is 340 g/mol. The van der Waals surface area contributed by atoms with E-state index in [-0.39, 0.29) is 17.6 Å². The molecule has 0 aromatic heterocycles. The molecule has 2 aromatic carbocycles. The van der Waals surface area contributed by atoms with Crippen LogP contribution in [-0.2, 0) is 6.42 Å². The van der Waals surface area contributed by atoms with Crippen LogP contribution in [0.5, 0.6) is 5.75 Å². The lowest BCUT2D eigenvalue weighted by molar-refractivity contribution is 0.385. The van der Waals surface area contributed by atoms with Crippen LogP contribution in [0.15, 0.2) is 40.9 Å². The van der Waals surface area contributed by atoms with E-state index >= 15 is 0 Å². The maximum atomic E-state index is 13.8. The van der Waals surface area contributed by atoms with E-state index in [9.17, 15) is 8.78 Å².